The molecule has 164 valence electrons. The van der Waals surface area contributed by atoms with E-state index in [-0.39, 0.29) is 6.04 Å². The third kappa shape index (κ3) is 5.41. The summed E-state index contributed by atoms with van der Waals surface area (Å²) in [5, 5.41) is 0. The molecule has 0 aliphatic carbocycles. The Morgan fingerprint density at radius 3 is 2.30 bits per heavy atom. The lowest BCUT2D eigenvalue weighted by atomic mass is 9.94. The molecular weight excluding hydrogens is 376 g/mol. The number of benzene rings is 1. The Bertz CT molecular complexity index is 696. The molecule has 3 aliphatic rings. The Hall–Kier alpha value is -1.92. The first-order valence-electron chi connectivity index (χ1n) is 11.8. The zero-order chi connectivity index (χ0) is 20.8. The largest absolute Gasteiger partial charge is 0.342 e. The Kier molecular flexibility index (Phi) is 7.39. The summed E-state index contributed by atoms with van der Waals surface area (Å²) >= 11 is 0. The predicted octanol–water partition coefficient (Wildman–Crippen LogP) is 2.37. The van der Waals surface area contributed by atoms with Gasteiger partial charge < -0.3 is 14.7 Å². The van der Waals surface area contributed by atoms with Crippen LogP contribution in [0, 0.1) is 0 Å². The average Bonchev–Trinajstić information content (AvgIpc) is 3.32. The van der Waals surface area contributed by atoms with Crippen molar-refractivity contribution in [1.82, 2.24) is 19.6 Å². The standard InChI is InChI=1S/C24H36N4O2/c29-23-11-6-10-22(21-8-2-1-3-9-21)28(23)15-7-12-25-16-18-26(19-17-25)20-24(30)27-13-4-5-14-27/h1-3,8-9,22H,4-7,10-20H2. The molecule has 0 N–H and O–H groups in total. The van der Waals surface area contributed by atoms with Gasteiger partial charge in [-0.15, -0.1) is 0 Å². The number of carbonyl (C=O) groups is 2. The molecule has 1 atom stereocenters. The number of carbonyl (C=O) groups excluding carboxylic acids is 2. The number of amides is 2. The van der Waals surface area contributed by atoms with Crippen LogP contribution in [0.1, 0.15) is 50.1 Å². The van der Waals surface area contributed by atoms with Crippen molar-refractivity contribution in [2.45, 2.75) is 44.6 Å². The van der Waals surface area contributed by atoms with Gasteiger partial charge in [-0.25, -0.2) is 0 Å². The lowest BCUT2D eigenvalue weighted by molar-refractivity contribution is -0.136. The second-order valence-electron chi connectivity index (χ2n) is 8.97. The van der Waals surface area contributed by atoms with Gasteiger partial charge in [-0.1, -0.05) is 30.3 Å². The summed E-state index contributed by atoms with van der Waals surface area (Å²) < 4.78 is 0. The zero-order valence-corrected chi connectivity index (χ0v) is 18.2. The molecule has 3 aliphatic heterocycles. The smallest absolute Gasteiger partial charge is 0.236 e. The van der Waals surface area contributed by atoms with Gasteiger partial charge in [0, 0.05) is 52.2 Å². The van der Waals surface area contributed by atoms with Crippen LogP contribution in [-0.2, 0) is 9.59 Å². The fraction of sp³-hybridized carbons (Fsp3) is 0.667. The Labute approximate surface area is 180 Å². The van der Waals surface area contributed by atoms with Crippen LogP contribution in [-0.4, -0.2) is 90.3 Å². The highest BCUT2D eigenvalue weighted by Gasteiger charge is 2.29. The van der Waals surface area contributed by atoms with Crippen LogP contribution in [0.25, 0.3) is 0 Å². The van der Waals surface area contributed by atoms with E-state index >= 15 is 0 Å². The molecule has 1 aromatic rings. The van der Waals surface area contributed by atoms with E-state index in [0.717, 1.165) is 84.5 Å². The third-order valence-electron chi connectivity index (χ3n) is 6.91. The van der Waals surface area contributed by atoms with Gasteiger partial charge in [0.2, 0.25) is 11.8 Å². The highest BCUT2D eigenvalue weighted by Crippen LogP contribution is 2.31. The van der Waals surface area contributed by atoms with Crippen LogP contribution in [0.4, 0.5) is 0 Å². The number of piperazine rings is 1. The lowest BCUT2D eigenvalue weighted by Gasteiger charge is -2.38. The van der Waals surface area contributed by atoms with Crippen LogP contribution in [0.2, 0.25) is 0 Å². The molecule has 0 aromatic heterocycles. The molecule has 4 rings (SSSR count). The summed E-state index contributed by atoms with van der Waals surface area (Å²) in [6.07, 6.45) is 6.08. The van der Waals surface area contributed by atoms with E-state index in [9.17, 15) is 9.59 Å². The molecular formula is C24H36N4O2. The van der Waals surface area contributed by atoms with Gasteiger partial charge in [0.1, 0.15) is 0 Å². The van der Waals surface area contributed by atoms with Crippen molar-refractivity contribution >= 4 is 11.8 Å². The van der Waals surface area contributed by atoms with Gasteiger partial charge >= 0.3 is 0 Å². The van der Waals surface area contributed by atoms with E-state index < -0.39 is 0 Å². The van der Waals surface area contributed by atoms with Gasteiger partial charge in [-0.05, 0) is 44.2 Å². The third-order valence-corrected chi connectivity index (χ3v) is 6.91. The molecule has 0 spiro atoms. The van der Waals surface area contributed by atoms with Crippen molar-refractivity contribution in [2.24, 2.45) is 0 Å². The minimum atomic E-state index is 0.237. The molecule has 0 saturated carbocycles. The van der Waals surface area contributed by atoms with Crippen LogP contribution >= 0.6 is 0 Å². The second kappa shape index (κ2) is 10.4. The fourth-order valence-electron chi connectivity index (χ4n) is 5.12. The minimum Gasteiger partial charge on any atom is -0.342 e. The van der Waals surface area contributed by atoms with Gasteiger partial charge in [0.25, 0.3) is 0 Å². The monoisotopic (exact) mass is 412 g/mol. The Morgan fingerprint density at radius 1 is 0.867 bits per heavy atom. The second-order valence-corrected chi connectivity index (χ2v) is 8.97. The van der Waals surface area contributed by atoms with Gasteiger partial charge in [-0.3, -0.25) is 14.5 Å². The Balaban J connectivity index is 1.19. The number of rotatable bonds is 7. The number of nitrogens with zero attached hydrogens (tertiary/aromatic N) is 4. The van der Waals surface area contributed by atoms with E-state index in [0.29, 0.717) is 24.8 Å². The zero-order valence-electron chi connectivity index (χ0n) is 18.2. The maximum atomic E-state index is 12.6. The first kappa shape index (κ1) is 21.3. The molecule has 1 aromatic carbocycles. The first-order valence-corrected chi connectivity index (χ1v) is 11.8. The van der Waals surface area contributed by atoms with Gasteiger partial charge in [0.05, 0.1) is 12.6 Å². The molecule has 0 radical (unpaired) electrons. The predicted molar refractivity (Wildman–Crippen MR) is 118 cm³/mol. The molecule has 3 fully saturated rings. The van der Waals surface area contributed by atoms with E-state index in [1.165, 1.54) is 5.56 Å². The normalized spacial score (nSPS) is 23.9. The van der Waals surface area contributed by atoms with E-state index in [4.69, 9.17) is 0 Å². The number of hydrogen-bond acceptors (Lipinski definition) is 4. The van der Waals surface area contributed by atoms with E-state index in [1.807, 2.05) is 11.0 Å². The highest BCUT2D eigenvalue weighted by molar-refractivity contribution is 5.78. The van der Waals surface area contributed by atoms with E-state index in [2.05, 4.69) is 39.0 Å². The molecule has 0 bridgehead atoms. The maximum Gasteiger partial charge on any atom is 0.236 e. The van der Waals surface area contributed by atoms with Crippen molar-refractivity contribution in [3.63, 3.8) is 0 Å². The topological polar surface area (TPSA) is 47.1 Å². The number of piperidine rings is 1. The van der Waals surface area contributed by atoms with Crippen molar-refractivity contribution in [1.29, 1.82) is 0 Å². The fourth-order valence-corrected chi connectivity index (χ4v) is 5.12. The SMILES string of the molecule is O=C(CN1CCN(CCCN2C(=O)CCCC2c2ccccc2)CC1)N1CCCC1. The molecule has 3 heterocycles. The summed E-state index contributed by atoms with van der Waals surface area (Å²) in [4.78, 5) is 33.9. The average molecular weight is 413 g/mol. The van der Waals surface area contributed by atoms with Crippen LogP contribution in [0.5, 0.6) is 0 Å². The van der Waals surface area contributed by atoms with Crippen LogP contribution in [0.3, 0.4) is 0 Å². The number of hydrogen-bond donors (Lipinski definition) is 0. The summed E-state index contributed by atoms with van der Waals surface area (Å²) in [6.45, 7) is 8.30. The summed E-state index contributed by atoms with van der Waals surface area (Å²) in [7, 11) is 0. The van der Waals surface area contributed by atoms with Crippen LogP contribution < -0.4 is 0 Å². The van der Waals surface area contributed by atoms with Gasteiger partial charge in [0.15, 0.2) is 0 Å². The molecule has 6 nitrogen and oxygen atoms in total. The molecule has 30 heavy (non-hydrogen) atoms. The summed E-state index contributed by atoms with van der Waals surface area (Å²) in [5.41, 5.74) is 1.27. The van der Waals surface area contributed by atoms with Crippen molar-refractivity contribution in [3.05, 3.63) is 35.9 Å². The minimum absolute atomic E-state index is 0.237. The van der Waals surface area contributed by atoms with Crippen LogP contribution in [0.15, 0.2) is 30.3 Å². The number of likely N-dealkylation sites (tertiary alicyclic amines) is 2. The first-order chi connectivity index (χ1) is 14.7. The summed E-state index contributed by atoms with van der Waals surface area (Å²) in [5.74, 6) is 0.608. The molecule has 3 saturated heterocycles. The molecule has 6 heteroatoms. The molecule has 1 unspecified atom stereocenters. The summed E-state index contributed by atoms with van der Waals surface area (Å²) in [6, 6.07) is 10.7. The van der Waals surface area contributed by atoms with Gasteiger partial charge in [-0.2, -0.15) is 0 Å². The Morgan fingerprint density at radius 2 is 1.57 bits per heavy atom. The quantitative estimate of drug-likeness (QED) is 0.690. The van der Waals surface area contributed by atoms with Crippen molar-refractivity contribution in [3.8, 4) is 0 Å². The lowest BCUT2D eigenvalue weighted by Crippen LogP contribution is -2.50. The van der Waals surface area contributed by atoms with E-state index in [1.54, 1.807) is 0 Å². The maximum absolute atomic E-state index is 12.6. The highest BCUT2D eigenvalue weighted by atomic mass is 16.2. The van der Waals surface area contributed by atoms with Crippen molar-refractivity contribution in [2.75, 3.05) is 58.9 Å². The van der Waals surface area contributed by atoms with Crippen molar-refractivity contribution < 1.29 is 9.59 Å². The molecule has 2 amide bonds.